The molecule has 3 unspecified atom stereocenters. The molecule has 3 atom stereocenters. The Balaban J connectivity index is 2.35. The Bertz CT molecular complexity index is 492. The van der Waals surface area contributed by atoms with Crippen LogP contribution in [0.1, 0.15) is 46.3 Å². The summed E-state index contributed by atoms with van der Waals surface area (Å²) < 4.78 is 13.1. The summed E-state index contributed by atoms with van der Waals surface area (Å²) in [7, 11) is 0. The van der Waals surface area contributed by atoms with Crippen molar-refractivity contribution >= 4 is 5.91 Å². The molecule has 0 spiro atoms. The Morgan fingerprint density at radius 2 is 1.80 bits per heavy atom. The number of hydrogen-bond donors (Lipinski definition) is 1. The van der Waals surface area contributed by atoms with E-state index in [1.807, 2.05) is 11.8 Å². The smallest absolute Gasteiger partial charge is 0.241 e. The van der Waals surface area contributed by atoms with Crippen LogP contribution < -0.4 is 5.32 Å². The standard InChI is InChI=1S/C16H23FN2O/c1-10-15(20)19(11(2)16(3,4)5)14(18-10)12-6-8-13(17)9-7-12/h6-11,14,18H,1-5H3. The van der Waals surface area contributed by atoms with Crippen LogP contribution in [0.5, 0.6) is 0 Å². The molecule has 4 heteroatoms. The van der Waals surface area contributed by atoms with E-state index in [0.29, 0.717) is 0 Å². The van der Waals surface area contributed by atoms with E-state index >= 15 is 0 Å². The van der Waals surface area contributed by atoms with Crippen molar-refractivity contribution in [3.05, 3.63) is 35.6 Å². The second-order valence-electron chi connectivity index (χ2n) is 6.63. The summed E-state index contributed by atoms with van der Waals surface area (Å²) in [4.78, 5) is 14.3. The van der Waals surface area contributed by atoms with Crippen molar-refractivity contribution in [1.29, 1.82) is 0 Å². The van der Waals surface area contributed by atoms with Gasteiger partial charge in [-0.15, -0.1) is 0 Å². The zero-order valence-electron chi connectivity index (χ0n) is 12.8. The van der Waals surface area contributed by atoms with Crippen LogP contribution in [-0.2, 0) is 4.79 Å². The molecular formula is C16H23FN2O. The average Bonchev–Trinajstić information content (AvgIpc) is 2.65. The normalized spacial score (nSPS) is 25.1. The third kappa shape index (κ3) is 2.70. The summed E-state index contributed by atoms with van der Waals surface area (Å²) in [5.74, 6) is -0.164. The number of hydrogen-bond acceptors (Lipinski definition) is 2. The van der Waals surface area contributed by atoms with Gasteiger partial charge in [-0.3, -0.25) is 10.1 Å². The third-order valence-electron chi connectivity index (χ3n) is 4.17. The second kappa shape index (κ2) is 5.17. The van der Waals surface area contributed by atoms with Gasteiger partial charge in [0.15, 0.2) is 0 Å². The van der Waals surface area contributed by atoms with Crippen molar-refractivity contribution in [2.24, 2.45) is 5.41 Å². The molecule has 1 aromatic rings. The largest absolute Gasteiger partial charge is 0.318 e. The van der Waals surface area contributed by atoms with Crippen molar-refractivity contribution in [2.45, 2.75) is 52.9 Å². The maximum absolute atomic E-state index is 13.1. The van der Waals surface area contributed by atoms with E-state index in [-0.39, 0.29) is 35.4 Å². The monoisotopic (exact) mass is 278 g/mol. The van der Waals surface area contributed by atoms with Gasteiger partial charge in [-0.2, -0.15) is 0 Å². The molecule has 1 aliphatic heterocycles. The van der Waals surface area contributed by atoms with Crippen LogP contribution in [-0.4, -0.2) is 22.9 Å². The fourth-order valence-corrected chi connectivity index (χ4v) is 2.47. The number of nitrogens with zero attached hydrogens (tertiary/aromatic N) is 1. The maximum Gasteiger partial charge on any atom is 0.241 e. The Morgan fingerprint density at radius 1 is 1.25 bits per heavy atom. The molecule has 1 N–H and O–H groups in total. The molecule has 3 nitrogen and oxygen atoms in total. The van der Waals surface area contributed by atoms with Gasteiger partial charge in [0, 0.05) is 6.04 Å². The molecule has 1 aliphatic rings. The molecule has 2 rings (SSSR count). The molecule has 1 fully saturated rings. The van der Waals surface area contributed by atoms with Gasteiger partial charge in [0.05, 0.1) is 6.04 Å². The number of amides is 1. The lowest BCUT2D eigenvalue weighted by Gasteiger charge is -2.38. The molecule has 20 heavy (non-hydrogen) atoms. The number of carbonyl (C=O) groups excluding carboxylic acids is 1. The van der Waals surface area contributed by atoms with Crippen molar-refractivity contribution in [1.82, 2.24) is 10.2 Å². The summed E-state index contributed by atoms with van der Waals surface area (Å²) in [5.41, 5.74) is 0.903. The summed E-state index contributed by atoms with van der Waals surface area (Å²) in [5, 5.41) is 3.30. The van der Waals surface area contributed by atoms with E-state index in [0.717, 1.165) is 5.56 Å². The predicted octanol–water partition coefficient (Wildman–Crippen LogP) is 3.08. The van der Waals surface area contributed by atoms with Crippen LogP contribution in [0.25, 0.3) is 0 Å². The lowest BCUT2D eigenvalue weighted by molar-refractivity contribution is -0.134. The molecule has 110 valence electrons. The number of benzene rings is 1. The first kappa shape index (κ1) is 15.0. The summed E-state index contributed by atoms with van der Waals surface area (Å²) in [6.07, 6.45) is -0.188. The van der Waals surface area contributed by atoms with Crippen LogP contribution in [0.2, 0.25) is 0 Å². The predicted molar refractivity (Wildman–Crippen MR) is 77.5 cm³/mol. The number of rotatable bonds is 2. The zero-order chi connectivity index (χ0) is 15.1. The topological polar surface area (TPSA) is 32.3 Å². The SMILES string of the molecule is CC1NC(c2ccc(F)cc2)N(C(C)C(C)(C)C)C1=O. The summed E-state index contributed by atoms with van der Waals surface area (Å²) in [6, 6.07) is 6.22. The van der Waals surface area contributed by atoms with Gasteiger partial charge < -0.3 is 4.90 Å². The van der Waals surface area contributed by atoms with Crippen LogP contribution in [0.3, 0.4) is 0 Å². The van der Waals surface area contributed by atoms with Gasteiger partial charge >= 0.3 is 0 Å². The van der Waals surface area contributed by atoms with Gasteiger partial charge in [0.25, 0.3) is 0 Å². The molecule has 0 aromatic heterocycles. The summed E-state index contributed by atoms with van der Waals surface area (Å²) in [6.45, 7) is 10.3. The molecule has 0 aliphatic carbocycles. The average molecular weight is 278 g/mol. The van der Waals surface area contributed by atoms with E-state index in [4.69, 9.17) is 0 Å². The van der Waals surface area contributed by atoms with Crippen molar-refractivity contribution in [2.75, 3.05) is 0 Å². The number of carbonyl (C=O) groups is 1. The van der Waals surface area contributed by atoms with Gasteiger partial charge in [-0.25, -0.2) is 4.39 Å². The Morgan fingerprint density at radius 3 is 2.30 bits per heavy atom. The van der Waals surface area contributed by atoms with E-state index < -0.39 is 0 Å². The van der Waals surface area contributed by atoms with Gasteiger partial charge in [-0.1, -0.05) is 32.9 Å². The first-order chi connectivity index (χ1) is 9.21. The van der Waals surface area contributed by atoms with E-state index in [1.54, 1.807) is 12.1 Å². The first-order valence-electron chi connectivity index (χ1n) is 7.05. The Kier molecular flexibility index (Phi) is 3.87. The Hall–Kier alpha value is -1.42. The first-order valence-corrected chi connectivity index (χ1v) is 7.05. The number of halogens is 1. The highest BCUT2D eigenvalue weighted by atomic mass is 19.1. The lowest BCUT2D eigenvalue weighted by atomic mass is 9.86. The molecule has 1 aromatic carbocycles. The molecular weight excluding hydrogens is 255 g/mol. The lowest BCUT2D eigenvalue weighted by Crippen LogP contribution is -2.45. The number of nitrogens with one attached hydrogen (secondary N) is 1. The molecule has 1 amide bonds. The van der Waals surface area contributed by atoms with E-state index in [2.05, 4.69) is 33.0 Å². The molecule has 0 radical (unpaired) electrons. The Labute approximate surface area is 120 Å². The quantitative estimate of drug-likeness (QED) is 0.901. The van der Waals surface area contributed by atoms with Crippen molar-refractivity contribution in [3.8, 4) is 0 Å². The zero-order valence-corrected chi connectivity index (χ0v) is 12.8. The molecule has 1 heterocycles. The molecule has 1 saturated heterocycles. The minimum Gasteiger partial charge on any atom is -0.318 e. The summed E-state index contributed by atoms with van der Waals surface area (Å²) >= 11 is 0. The van der Waals surface area contributed by atoms with Gasteiger partial charge in [0.1, 0.15) is 12.0 Å². The minimum atomic E-state index is -0.262. The highest BCUT2D eigenvalue weighted by Gasteiger charge is 2.42. The highest BCUT2D eigenvalue weighted by molar-refractivity contribution is 5.84. The van der Waals surface area contributed by atoms with E-state index in [1.165, 1.54) is 12.1 Å². The van der Waals surface area contributed by atoms with Crippen LogP contribution in [0.4, 0.5) is 4.39 Å². The fraction of sp³-hybridized carbons (Fsp3) is 0.562. The molecule has 0 bridgehead atoms. The second-order valence-corrected chi connectivity index (χ2v) is 6.63. The molecule has 0 saturated carbocycles. The highest BCUT2D eigenvalue weighted by Crippen LogP contribution is 2.34. The van der Waals surface area contributed by atoms with Crippen molar-refractivity contribution < 1.29 is 9.18 Å². The van der Waals surface area contributed by atoms with Gasteiger partial charge in [-0.05, 0) is 37.0 Å². The minimum absolute atomic E-state index is 0.0142. The third-order valence-corrected chi connectivity index (χ3v) is 4.17. The van der Waals surface area contributed by atoms with E-state index in [9.17, 15) is 9.18 Å². The van der Waals surface area contributed by atoms with Crippen LogP contribution in [0.15, 0.2) is 24.3 Å². The fourth-order valence-electron chi connectivity index (χ4n) is 2.47. The van der Waals surface area contributed by atoms with Crippen molar-refractivity contribution in [3.63, 3.8) is 0 Å². The van der Waals surface area contributed by atoms with Crippen LogP contribution >= 0.6 is 0 Å². The maximum atomic E-state index is 13.1. The van der Waals surface area contributed by atoms with Gasteiger partial charge in [0.2, 0.25) is 5.91 Å². The van der Waals surface area contributed by atoms with Crippen LogP contribution in [0, 0.1) is 11.2 Å².